The van der Waals surface area contributed by atoms with Crippen LogP contribution in [-0.2, 0) is 0 Å². The standard InChI is InChI=1S/C18H32P4/c19-20(21-7-13-1-14(8-21)3-15(2-13)9-21)22-10-16-4-17(11-22)6-18(5-16)12-22/h13-18H,1-12,19H2/q+2. The zero-order valence-electron chi connectivity index (χ0n) is 13.9. The van der Waals surface area contributed by atoms with Crippen molar-refractivity contribution in [3.8, 4) is 0 Å². The number of hydrogen-bond acceptors (Lipinski definition) is 0. The molecule has 0 aromatic rings. The summed E-state index contributed by atoms with van der Waals surface area (Å²) >= 11 is 0. The van der Waals surface area contributed by atoms with E-state index >= 15 is 0 Å². The van der Waals surface area contributed by atoms with Gasteiger partial charge in [0.15, 0.2) is 0 Å². The maximum atomic E-state index is 3.68. The van der Waals surface area contributed by atoms with E-state index in [1.54, 1.807) is 75.5 Å². The van der Waals surface area contributed by atoms with Gasteiger partial charge in [-0.25, -0.2) is 0 Å². The van der Waals surface area contributed by atoms with E-state index in [1.807, 2.05) is 0 Å². The second-order valence-electron chi connectivity index (χ2n) is 10.2. The maximum Gasteiger partial charge on any atom is 0.222 e. The highest BCUT2D eigenvalue weighted by molar-refractivity contribution is 8.85. The number of hydrogen-bond donors (Lipinski definition) is 0. The average Bonchev–Trinajstić information content (AvgIpc) is 2.43. The van der Waals surface area contributed by atoms with Gasteiger partial charge in [-0.05, 0) is 83.0 Å². The summed E-state index contributed by atoms with van der Waals surface area (Å²) in [7, 11) is 3.68. The Morgan fingerprint density at radius 1 is 0.500 bits per heavy atom. The normalized spacial score (nSPS) is 62.6. The highest BCUT2D eigenvalue weighted by Gasteiger charge is 2.70. The van der Waals surface area contributed by atoms with Gasteiger partial charge in [-0.2, -0.15) is 0 Å². The van der Waals surface area contributed by atoms with Crippen LogP contribution in [-0.4, -0.2) is 37.0 Å². The molecule has 0 N–H and O–H groups in total. The maximum absolute atomic E-state index is 3.68. The third-order valence-corrected chi connectivity index (χ3v) is 41.2. The smallest absolute Gasteiger partial charge is 0.0406 e. The van der Waals surface area contributed by atoms with Gasteiger partial charge in [0.05, 0.1) is 50.9 Å². The lowest BCUT2D eigenvalue weighted by Gasteiger charge is -2.58. The molecule has 0 amide bonds. The highest BCUT2D eigenvalue weighted by Crippen LogP contribution is 3.10. The van der Waals surface area contributed by atoms with E-state index in [0.717, 1.165) is 0 Å². The Morgan fingerprint density at radius 3 is 0.955 bits per heavy atom. The minimum atomic E-state index is -0.510. The van der Waals surface area contributed by atoms with E-state index in [-0.39, 0.29) is 0 Å². The van der Waals surface area contributed by atoms with Crippen molar-refractivity contribution in [2.75, 3.05) is 37.0 Å². The molecule has 8 fully saturated rings. The van der Waals surface area contributed by atoms with Crippen LogP contribution < -0.4 is 0 Å². The summed E-state index contributed by atoms with van der Waals surface area (Å²) in [5, 5.41) is 0. The van der Waals surface area contributed by atoms with Crippen molar-refractivity contribution in [2.24, 2.45) is 35.5 Å². The van der Waals surface area contributed by atoms with Crippen molar-refractivity contribution in [3.63, 3.8) is 0 Å². The zero-order valence-corrected chi connectivity index (χ0v) is 17.7. The average molecular weight is 372 g/mol. The molecule has 0 nitrogen and oxygen atoms in total. The molecule has 2 saturated carbocycles. The topological polar surface area (TPSA) is 0 Å². The third kappa shape index (κ3) is 2.03. The lowest BCUT2D eigenvalue weighted by atomic mass is 9.76. The van der Waals surface area contributed by atoms with Crippen molar-refractivity contribution >= 4 is 29.8 Å². The fourth-order valence-electron chi connectivity index (χ4n) is 8.54. The summed E-state index contributed by atoms with van der Waals surface area (Å²) in [4.78, 5) is 0. The first-order valence-electron chi connectivity index (χ1n) is 9.90. The number of rotatable bonds is 2. The van der Waals surface area contributed by atoms with Crippen LogP contribution in [0.1, 0.15) is 38.5 Å². The Balaban J connectivity index is 1.36. The van der Waals surface area contributed by atoms with Crippen LogP contribution in [0.4, 0.5) is 0 Å². The van der Waals surface area contributed by atoms with Gasteiger partial charge in [0.25, 0.3) is 0 Å². The van der Waals surface area contributed by atoms with Gasteiger partial charge < -0.3 is 0 Å². The summed E-state index contributed by atoms with van der Waals surface area (Å²) < 4.78 is 0. The first-order chi connectivity index (χ1) is 10.6. The second-order valence-corrected chi connectivity index (χ2v) is 30.2. The Morgan fingerprint density at radius 2 is 0.727 bits per heavy atom. The van der Waals surface area contributed by atoms with Crippen molar-refractivity contribution < 1.29 is 0 Å². The van der Waals surface area contributed by atoms with E-state index in [1.165, 1.54) is 35.5 Å². The molecule has 0 aromatic carbocycles. The van der Waals surface area contributed by atoms with Crippen molar-refractivity contribution in [1.29, 1.82) is 0 Å². The quantitative estimate of drug-likeness (QED) is 0.503. The largest absolute Gasteiger partial charge is 0.222 e. The van der Waals surface area contributed by atoms with Gasteiger partial charge >= 0.3 is 0 Å². The molecule has 2 aliphatic carbocycles. The third-order valence-electron chi connectivity index (χ3n) is 8.46. The van der Waals surface area contributed by atoms with Crippen LogP contribution in [0.2, 0.25) is 0 Å². The van der Waals surface area contributed by atoms with Crippen LogP contribution >= 0.6 is 29.8 Å². The molecule has 0 radical (unpaired) electrons. The molecule has 1 atom stereocenters. The minimum Gasteiger partial charge on any atom is -0.0406 e. The van der Waals surface area contributed by atoms with Gasteiger partial charge in [0, 0.05) is 0 Å². The van der Waals surface area contributed by atoms with Gasteiger partial charge in [0.2, 0.25) is 6.99 Å². The summed E-state index contributed by atoms with van der Waals surface area (Å²) in [5.74, 6) is 7.27. The molecular formula is C18H32P4+2. The first kappa shape index (κ1) is 14.8. The summed E-state index contributed by atoms with van der Waals surface area (Å²) in [6, 6.07) is 0. The minimum absolute atomic E-state index is 0.410. The van der Waals surface area contributed by atoms with Crippen molar-refractivity contribution in [3.05, 3.63) is 0 Å². The van der Waals surface area contributed by atoms with Crippen LogP contribution in [0, 0.1) is 35.5 Å². The van der Waals surface area contributed by atoms with Gasteiger partial charge in [-0.15, -0.1) is 0 Å². The molecule has 6 heterocycles. The van der Waals surface area contributed by atoms with Gasteiger partial charge in [-0.1, -0.05) is 0 Å². The van der Waals surface area contributed by atoms with E-state index in [0.29, 0.717) is 6.99 Å². The Hall–Kier alpha value is 1.72. The van der Waals surface area contributed by atoms with Crippen LogP contribution in [0.3, 0.4) is 0 Å². The van der Waals surface area contributed by atoms with Crippen molar-refractivity contribution in [2.45, 2.75) is 38.5 Å². The fraction of sp³-hybridized carbons (Fsp3) is 1.00. The van der Waals surface area contributed by atoms with Crippen LogP contribution in [0.15, 0.2) is 0 Å². The lowest BCUT2D eigenvalue weighted by molar-refractivity contribution is 0.210. The second kappa shape index (κ2) is 4.91. The SMILES string of the molecule is PP([P+]12CC3CC(CC(C3)C1)C2)[P+]12CC3CC(CC(C3)C1)C2. The van der Waals surface area contributed by atoms with Crippen LogP contribution in [0.5, 0.6) is 0 Å². The van der Waals surface area contributed by atoms with Crippen LogP contribution in [0.25, 0.3) is 0 Å². The molecule has 1 unspecified atom stereocenters. The molecule has 0 aromatic heterocycles. The Labute approximate surface area is 141 Å². The summed E-state index contributed by atoms with van der Waals surface area (Å²) in [6.07, 6.45) is 20.7. The molecule has 0 spiro atoms. The summed E-state index contributed by atoms with van der Waals surface area (Å²) in [5.41, 5.74) is 0. The lowest BCUT2D eigenvalue weighted by Crippen LogP contribution is -2.44. The molecule has 22 heavy (non-hydrogen) atoms. The molecule has 4 heteroatoms. The van der Waals surface area contributed by atoms with Gasteiger partial charge in [-0.3, -0.25) is 0 Å². The predicted molar refractivity (Wildman–Crippen MR) is 108 cm³/mol. The first-order valence-corrected chi connectivity index (χ1v) is 19.0. The Kier molecular flexibility index (Phi) is 3.31. The molecule has 8 bridgehead atoms. The van der Waals surface area contributed by atoms with E-state index in [9.17, 15) is 0 Å². The summed E-state index contributed by atoms with van der Waals surface area (Å²) in [6.45, 7) is -0.609. The molecular weight excluding hydrogens is 340 g/mol. The van der Waals surface area contributed by atoms with Crippen molar-refractivity contribution in [1.82, 2.24) is 0 Å². The van der Waals surface area contributed by atoms with E-state index < -0.39 is 13.9 Å². The Bertz CT molecular complexity index is 387. The highest BCUT2D eigenvalue weighted by atomic mass is 32.8. The van der Waals surface area contributed by atoms with E-state index in [4.69, 9.17) is 0 Å². The molecule has 6 saturated heterocycles. The van der Waals surface area contributed by atoms with Gasteiger partial charge in [0.1, 0.15) is 0 Å². The molecule has 8 rings (SSSR count). The zero-order chi connectivity index (χ0) is 14.5. The monoisotopic (exact) mass is 372 g/mol. The molecule has 122 valence electrons. The fourth-order valence-corrected chi connectivity index (χ4v) is 44.7. The molecule has 6 aliphatic heterocycles. The molecule has 8 aliphatic rings. The van der Waals surface area contributed by atoms with E-state index in [2.05, 4.69) is 8.93 Å². The predicted octanol–water partition coefficient (Wildman–Crippen LogP) is 6.24.